The normalized spacial score (nSPS) is 14.2. The lowest BCUT2D eigenvalue weighted by Crippen LogP contribution is -2.20. The first-order chi connectivity index (χ1) is 10.2. The molecule has 1 saturated carbocycles. The number of rotatable bonds is 6. The molecule has 1 aliphatic carbocycles. The van der Waals surface area contributed by atoms with Crippen molar-refractivity contribution < 1.29 is 4.39 Å². The van der Waals surface area contributed by atoms with E-state index in [1.165, 1.54) is 25.0 Å². The molecular weight excluding hydrogens is 265 g/mol. The molecule has 0 bridgehead atoms. The second-order valence-corrected chi connectivity index (χ2v) is 5.62. The minimum Gasteiger partial charge on any atom is -0.355 e. The molecule has 0 unspecified atom stereocenters. The van der Waals surface area contributed by atoms with Crippen LogP contribution in [0.4, 0.5) is 10.2 Å². The summed E-state index contributed by atoms with van der Waals surface area (Å²) in [6, 6.07) is 13.4. The van der Waals surface area contributed by atoms with Crippen molar-refractivity contribution in [1.82, 2.24) is 10.3 Å². The number of halogens is 1. The summed E-state index contributed by atoms with van der Waals surface area (Å²) in [7, 11) is 2.00. The van der Waals surface area contributed by atoms with Gasteiger partial charge in [0, 0.05) is 26.2 Å². The van der Waals surface area contributed by atoms with E-state index in [4.69, 9.17) is 0 Å². The van der Waals surface area contributed by atoms with Crippen LogP contribution in [0.3, 0.4) is 0 Å². The Bertz CT molecular complexity index is 593. The van der Waals surface area contributed by atoms with Gasteiger partial charge in [0.15, 0.2) is 0 Å². The van der Waals surface area contributed by atoms with Crippen molar-refractivity contribution >= 4 is 5.82 Å². The molecule has 2 aromatic rings. The number of nitrogens with one attached hydrogen (secondary N) is 1. The molecule has 1 aromatic heterocycles. The van der Waals surface area contributed by atoms with Gasteiger partial charge in [0.1, 0.15) is 11.6 Å². The second-order valence-electron chi connectivity index (χ2n) is 5.62. The van der Waals surface area contributed by atoms with E-state index in [-0.39, 0.29) is 5.82 Å². The molecule has 0 aliphatic heterocycles. The van der Waals surface area contributed by atoms with Gasteiger partial charge < -0.3 is 10.2 Å². The Morgan fingerprint density at radius 3 is 2.67 bits per heavy atom. The van der Waals surface area contributed by atoms with Crippen LogP contribution in [0.2, 0.25) is 0 Å². The van der Waals surface area contributed by atoms with E-state index >= 15 is 0 Å². The minimum absolute atomic E-state index is 0.201. The number of pyridine rings is 1. The van der Waals surface area contributed by atoms with Crippen LogP contribution in [0.15, 0.2) is 42.5 Å². The molecule has 1 aromatic carbocycles. The smallest absolute Gasteiger partial charge is 0.128 e. The van der Waals surface area contributed by atoms with Crippen LogP contribution < -0.4 is 10.2 Å². The largest absolute Gasteiger partial charge is 0.355 e. The highest BCUT2D eigenvalue weighted by molar-refractivity contribution is 5.39. The van der Waals surface area contributed by atoms with Gasteiger partial charge in [0.25, 0.3) is 0 Å². The van der Waals surface area contributed by atoms with Crippen LogP contribution in [-0.4, -0.2) is 18.1 Å². The Hall–Kier alpha value is -1.94. The molecule has 1 fully saturated rings. The Balaban J connectivity index is 1.63. The van der Waals surface area contributed by atoms with Gasteiger partial charge in [-0.25, -0.2) is 9.37 Å². The summed E-state index contributed by atoms with van der Waals surface area (Å²) in [6.45, 7) is 1.54. The highest BCUT2D eigenvalue weighted by Crippen LogP contribution is 2.19. The van der Waals surface area contributed by atoms with E-state index in [1.54, 1.807) is 0 Å². The van der Waals surface area contributed by atoms with Gasteiger partial charge in [-0.15, -0.1) is 0 Å². The Morgan fingerprint density at radius 2 is 1.95 bits per heavy atom. The molecule has 0 amide bonds. The Kier molecular flexibility index (Phi) is 4.15. The van der Waals surface area contributed by atoms with Crippen molar-refractivity contribution in [2.75, 3.05) is 11.9 Å². The number of hydrogen-bond acceptors (Lipinski definition) is 3. The predicted octanol–water partition coefficient (Wildman–Crippen LogP) is 3.11. The molecule has 110 valence electrons. The van der Waals surface area contributed by atoms with Crippen LogP contribution in [0.5, 0.6) is 0 Å². The van der Waals surface area contributed by atoms with Gasteiger partial charge in [0.2, 0.25) is 0 Å². The van der Waals surface area contributed by atoms with E-state index in [0.29, 0.717) is 12.6 Å². The summed E-state index contributed by atoms with van der Waals surface area (Å²) in [5.41, 5.74) is 2.13. The first-order valence-electron chi connectivity index (χ1n) is 7.35. The van der Waals surface area contributed by atoms with Gasteiger partial charge in [-0.3, -0.25) is 0 Å². The summed E-state index contributed by atoms with van der Waals surface area (Å²) in [5, 5.41) is 3.47. The second kappa shape index (κ2) is 6.22. The van der Waals surface area contributed by atoms with Crippen LogP contribution in [0, 0.1) is 5.82 Å². The predicted molar refractivity (Wildman–Crippen MR) is 82.6 cm³/mol. The summed E-state index contributed by atoms with van der Waals surface area (Å²) in [5.74, 6) is 0.738. The lowest BCUT2D eigenvalue weighted by Gasteiger charge is -2.19. The molecule has 3 rings (SSSR count). The van der Waals surface area contributed by atoms with Gasteiger partial charge in [0.05, 0.1) is 5.69 Å². The molecule has 4 heteroatoms. The number of benzene rings is 1. The van der Waals surface area contributed by atoms with Crippen molar-refractivity contribution in [2.24, 2.45) is 0 Å². The first kappa shape index (κ1) is 14.0. The Morgan fingerprint density at radius 1 is 1.19 bits per heavy atom. The van der Waals surface area contributed by atoms with Gasteiger partial charge >= 0.3 is 0 Å². The molecular formula is C17H20FN3. The third-order valence-corrected chi connectivity index (χ3v) is 3.67. The minimum atomic E-state index is -0.201. The SMILES string of the molecule is CN(Cc1ccc(F)cc1)c1cccc(CNC2CC2)n1. The van der Waals surface area contributed by atoms with Crippen LogP contribution in [-0.2, 0) is 13.1 Å². The highest BCUT2D eigenvalue weighted by atomic mass is 19.1. The summed E-state index contributed by atoms with van der Waals surface area (Å²) >= 11 is 0. The van der Waals surface area contributed by atoms with Crippen molar-refractivity contribution in [3.05, 3.63) is 59.5 Å². The molecule has 3 nitrogen and oxygen atoms in total. The summed E-state index contributed by atoms with van der Waals surface area (Å²) < 4.78 is 12.9. The molecule has 1 aliphatic rings. The molecule has 1 heterocycles. The zero-order chi connectivity index (χ0) is 14.7. The first-order valence-corrected chi connectivity index (χ1v) is 7.35. The fraction of sp³-hybridized carbons (Fsp3) is 0.353. The maximum atomic E-state index is 12.9. The molecule has 0 spiro atoms. The maximum absolute atomic E-state index is 12.9. The van der Waals surface area contributed by atoms with E-state index in [9.17, 15) is 4.39 Å². The average Bonchev–Trinajstić information content (AvgIpc) is 3.32. The average molecular weight is 285 g/mol. The molecule has 21 heavy (non-hydrogen) atoms. The van der Waals surface area contributed by atoms with Crippen LogP contribution in [0.25, 0.3) is 0 Å². The third-order valence-electron chi connectivity index (χ3n) is 3.67. The van der Waals surface area contributed by atoms with E-state index in [0.717, 1.165) is 23.6 Å². The maximum Gasteiger partial charge on any atom is 0.128 e. The molecule has 1 N–H and O–H groups in total. The topological polar surface area (TPSA) is 28.2 Å². The molecule has 0 atom stereocenters. The van der Waals surface area contributed by atoms with Gasteiger partial charge in [-0.2, -0.15) is 0 Å². The zero-order valence-electron chi connectivity index (χ0n) is 12.2. The van der Waals surface area contributed by atoms with Crippen LogP contribution in [0.1, 0.15) is 24.1 Å². The number of anilines is 1. The zero-order valence-corrected chi connectivity index (χ0v) is 12.2. The lowest BCUT2D eigenvalue weighted by molar-refractivity contribution is 0.627. The van der Waals surface area contributed by atoms with E-state index < -0.39 is 0 Å². The van der Waals surface area contributed by atoms with Gasteiger partial charge in [-0.05, 0) is 42.7 Å². The Labute approximate surface area is 124 Å². The molecule has 0 radical (unpaired) electrons. The van der Waals surface area contributed by atoms with Crippen LogP contribution >= 0.6 is 0 Å². The standard InChI is InChI=1S/C17H20FN3/c1-21(12-13-5-7-14(18)8-6-13)17-4-2-3-16(20-17)11-19-15-9-10-15/h2-8,15,19H,9-12H2,1H3. The quantitative estimate of drug-likeness (QED) is 0.884. The fourth-order valence-corrected chi connectivity index (χ4v) is 2.26. The number of nitrogens with zero attached hydrogens (tertiary/aromatic N) is 2. The van der Waals surface area contributed by atoms with Crippen molar-refractivity contribution in [3.63, 3.8) is 0 Å². The summed E-state index contributed by atoms with van der Waals surface area (Å²) in [6.07, 6.45) is 2.56. The number of aromatic nitrogens is 1. The monoisotopic (exact) mass is 285 g/mol. The third kappa shape index (κ3) is 4.02. The van der Waals surface area contributed by atoms with E-state index in [1.807, 2.05) is 37.4 Å². The van der Waals surface area contributed by atoms with Crippen molar-refractivity contribution in [3.8, 4) is 0 Å². The van der Waals surface area contributed by atoms with Crippen molar-refractivity contribution in [1.29, 1.82) is 0 Å². The van der Waals surface area contributed by atoms with Gasteiger partial charge in [-0.1, -0.05) is 18.2 Å². The molecule has 0 saturated heterocycles. The summed E-state index contributed by atoms with van der Waals surface area (Å²) in [4.78, 5) is 6.75. The highest BCUT2D eigenvalue weighted by Gasteiger charge is 2.20. The number of hydrogen-bond donors (Lipinski definition) is 1. The van der Waals surface area contributed by atoms with Crippen molar-refractivity contribution in [2.45, 2.75) is 32.0 Å². The lowest BCUT2D eigenvalue weighted by atomic mass is 10.2. The van der Waals surface area contributed by atoms with E-state index in [2.05, 4.69) is 15.2 Å². The fourth-order valence-electron chi connectivity index (χ4n) is 2.26.